The van der Waals surface area contributed by atoms with Gasteiger partial charge in [0.1, 0.15) is 5.01 Å². The Morgan fingerprint density at radius 2 is 1.97 bits per heavy atom. The molecule has 1 amide bonds. The van der Waals surface area contributed by atoms with E-state index in [1.54, 1.807) is 10.6 Å². The minimum Gasteiger partial charge on any atom is -0.378 e. The predicted octanol–water partition coefficient (Wildman–Crippen LogP) is 3.03. The van der Waals surface area contributed by atoms with E-state index in [-0.39, 0.29) is 16.4 Å². The fraction of sp³-hybridized carbons (Fsp3) is 0.227. The molecular weight excluding hydrogens is 504 g/mol. The third-order valence-corrected chi connectivity index (χ3v) is 6.70. The number of para-hydroxylation sites is 1. The van der Waals surface area contributed by atoms with Gasteiger partial charge >= 0.3 is 0 Å². The third kappa shape index (κ3) is 4.73. The minimum absolute atomic E-state index is 0.0473. The number of ether oxygens (including phenoxy) is 1. The monoisotopic (exact) mass is 524 g/mol. The summed E-state index contributed by atoms with van der Waals surface area (Å²) in [4.78, 5) is 26.7. The lowest BCUT2D eigenvalue weighted by Crippen LogP contribution is -2.39. The maximum atomic E-state index is 13.2. The number of nitrogens with one attached hydrogen (secondary N) is 2. The number of non-ortho nitro benzene ring substituents is 1. The van der Waals surface area contributed by atoms with Crippen LogP contribution in [-0.4, -0.2) is 62.1 Å². The van der Waals surface area contributed by atoms with Crippen molar-refractivity contribution in [3.05, 3.63) is 64.0 Å². The molecule has 1 aliphatic rings. The van der Waals surface area contributed by atoms with Crippen LogP contribution in [0.2, 0.25) is 0 Å². The molecule has 0 aliphatic carbocycles. The average Bonchev–Trinajstić information content (AvgIpc) is 3.46. The zero-order chi connectivity index (χ0) is 25.2. The molecule has 0 bridgehead atoms. The maximum Gasteiger partial charge on any atom is 0.270 e. The van der Waals surface area contributed by atoms with Crippen LogP contribution in [0.25, 0.3) is 15.5 Å². The van der Waals surface area contributed by atoms with Gasteiger partial charge in [-0.25, -0.2) is 0 Å². The number of morpholine rings is 1. The molecule has 0 radical (unpaired) electrons. The van der Waals surface area contributed by atoms with Gasteiger partial charge in [-0.05, 0) is 37.3 Å². The second-order valence-corrected chi connectivity index (χ2v) is 9.22. The maximum absolute atomic E-state index is 13.2. The van der Waals surface area contributed by atoms with Crippen molar-refractivity contribution in [1.82, 2.24) is 25.1 Å². The Bertz CT molecular complexity index is 1480. The molecule has 2 N–H and O–H groups in total. The molecule has 0 saturated carbocycles. The lowest BCUT2D eigenvalue weighted by atomic mass is 10.1. The molecule has 1 saturated heterocycles. The summed E-state index contributed by atoms with van der Waals surface area (Å²) < 4.78 is 7.05. The van der Waals surface area contributed by atoms with E-state index in [0.29, 0.717) is 53.5 Å². The van der Waals surface area contributed by atoms with Crippen molar-refractivity contribution in [2.75, 3.05) is 36.5 Å². The number of nitro benzene ring substituents is 1. The summed E-state index contributed by atoms with van der Waals surface area (Å²) >= 11 is 6.79. The van der Waals surface area contributed by atoms with Crippen molar-refractivity contribution in [2.24, 2.45) is 0 Å². The minimum atomic E-state index is -0.551. The number of thiocarbonyl (C=S) groups is 1. The summed E-state index contributed by atoms with van der Waals surface area (Å²) in [5, 5.41) is 30.5. The number of carbonyl (C=O) groups excluding carboxylic acids is 1. The van der Waals surface area contributed by atoms with E-state index in [2.05, 4.69) is 25.9 Å². The molecule has 1 fully saturated rings. The van der Waals surface area contributed by atoms with Crippen molar-refractivity contribution < 1.29 is 14.5 Å². The molecule has 12 nitrogen and oxygen atoms in total. The first-order valence-corrected chi connectivity index (χ1v) is 12.1. The van der Waals surface area contributed by atoms with Crippen molar-refractivity contribution in [3.8, 4) is 10.6 Å². The van der Waals surface area contributed by atoms with Crippen LogP contribution in [0.5, 0.6) is 0 Å². The number of nitrogens with zero attached hydrogens (tertiary/aromatic N) is 6. The highest BCUT2D eigenvalue weighted by Crippen LogP contribution is 2.31. The molecule has 2 aromatic carbocycles. The Labute approximate surface area is 214 Å². The zero-order valence-electron chi connectivity index (χ0n) is 19.0. The van der Waals surface area contributed by atoms with Crippen LogP contribution in [0.1, 0.15) is 16.2 Å². The molecule has 5 rings (SSSR count). The van der Waals surface area contributed by atoms with Crippen molar-refractivity contribution >= 4 is 56.6 Å². The van der Waals surface area contributed by atoms with Crippen LogP contribution in [0.15, 0.2) is 42.5 Å². The van der Waals surface area contributed by atoms with Gasteiger partial charge in [-0.15, -0.1) is 10.2 Å². The van der Waals surface area contributed by atoms with Crippen LogP contribution in [0.4, 0.5) is 17.1 Å². The van der Waals surface area contributed by atoms with Crippen molar-refractivity contribution in [2.45, 2.75) is 6.92 Å². The number of nitro groups is 1. The standard InChI is InChI=1S/C22H20N8O4S2/c1-13-25-26-22-29(13)27-20(36-22)15-4-2-3-5-17(15)23-21(35)24-19(31)16-12-14(30(32)33)6-7-18(16)28-8-10-34-11-9-28/h2-7,12H,8-11H2,1H3,(H2,23,24,31,35). The molecule has 3 heterocycles. The van der Waals surface area contributed by atoms with E-state index in [1.807, 2.05) is 36.1 Å². The van der Waals surface area contributed by atoms with Gasteiger partial charge in [0.15, 0.2) is 10.9 Å². The van der Waals surface area contributed by atoms with Crippen molar-refractivity contribution in [1.29, 1.82) is 0 Å². The number of aromatic nitrogens is 4. The van der Waals surface area contributed by atoms with Crippen molar-refractivity contribution in [3.63, 3.8) is 0 Å². The van der Waals surface area contributed by atoms with Gasteiger partial charge in [-0.1, -0.05) is 23.5 Å². The number of hydrogen-bond donors (Lipinski definition) is 2. The molecule has 184 valence electrons. The van der Waals surface area contributed by atoms with Gasteiger partial charge < -0.3 is 15.0 Å². The molecule has 0 unspecified atom stereocenters. The van der Waals surface area contributed by atoms with E-state index in [0.717, 1.165) is 5.56 Å². The largest absolute Gasteiger partial charge is 0.378 e. The molecule has 36 heavy (non-hydrogen) atoms. The SMILES string of the molecule is Cc1nnc2sc(-c3ccccc3NC(=S)NC(=O)c3cc([N+](=O)[O-])ccc3N3CCOCC3)nn12. The fourth-order valence-electron chi connectivity index (χ4n) is 3.83. The molecule has 0 atom stereocenters. The first kappa shape index (κ1) is 23.7. The number of rotatable bonds is 5. The summed E-state index contributed by atoms with van der Waals surface area (Å²) in [6.07, 6.45) is 0. The third-order valence-electron chi connectivity index (χ3n) is 5.57. The number of carbonyl (C=O) groups is 1. The number of aryl methyl sites for hydroxylation is 1. The lowest BCUT2D eigenvalue weighted by molar-refractivity contribution is -0.384. The highest BCUT2D eigenvalue weighted by atomic mass is 32.1. The van der Waals surface area contributed by atoms with E-state index in [9.17, 15) is 14.9 Å². The second-order valence-electron chi connectivity index (χ2n) is 7.86. The molecule has 4 aromatic rings. The normalized spacial score (nSPS) is 13.5. The van der Waals surface area contributed by atoms with Gasteiger partial charge in [-0.3, -0.25) is 20.2 Å². The molecule has 0 spiro atoms. The highest BCUT2D eigenvalue weighted by Gasteiger charge is 2.23. The zero-order valence-corrected chi connectivity index (χ0v) is 20.6. The Morgan fingerprint density at radius 3 is 2.72 bits per heavy atom. The summed E-state index contributed by atoms with van der Waals surface area (Å²) in [7, 11) is 0. The molecule has 14 heteroatoms. The van der Waals surface area contributed by atoms with Crippen LogP contribution in [0, 0.1) is 17.0 Å². The average molecular weight is 525 g/mol. The van der Waals surface area contributed by atoms with Crippen LogP contribution >= 0.6 is 23.6 Å². The molecule has 1 aliphatic heterocycles. The summed E-state index contributed by atoms with van der Waals surface area (Å²) in [6, 6.07) is 11.6. The Hall–Kier alpha value is -4.01. The Balaban J connectivity index is 1.38. The van der Waals surface area contributed by atoms with Gasteiger partial charge in [0.05, 0.1) is 35.1 Å². The Morgan fingerprint density at radius 1 is 1.19 bits per heavy atom. The number of amides is 1. The van der Waals surface area contributed by atoms with Gasteiger partial charge in [-0.2, -0.15) is 9.61 Å². The predicted molar refractivity (Wildman–Crippen MR) is 139 cm³/mol. The fourth-order valence-corrected chi connectivity index (χ4v) is 4.95. The van der Waals surface area contributed by atoms with Gasteiger partial charge in [0, 0.05) is 30.8 Å². The number of anilines is 2. The van der Waals surface area contributed by atoms with Gasteiger partial charge in [0.2, 0.25) is 4.96 Å². The van der Waals surface area contributed by atoms with Gasteiger partial charge in [0.25, 0.3) is 11.6 Å². The summed E-state index contributed by atoms with van der Waals surface area (Å²) in [5.41, 5.74) is 1.97. The first-order chi connectivity index (χ1) is 17.4. The molecular formula is C22H20N8O4S2. The second kappa shape index (κ2) is 9.93. The first-order valence-electron chi connectivity index (χ1n) is 10.9. The Kier molecular flexibility index (Phi) is 6.54. The number of fused-ring (bicyclic) bond motifs is 1. The number of benzene rings is 2. The van der Waals surface area contributed by atoms with Crippen LogP contribution in [-0.2, 0) is 4.74 Å². The summed E-state index contributed by atoms with van der Waals surface area (Å²) in [5.74, 6) is 0.123. The summed E-state index contributed by atoms with van der Waals surface area (Å²) in [6.45, 7) is 3.97. The van der Waals surface area contributed by atoms with E-state index >= 15 is 0 Å². The van der Waals surface area contributed by atoms with Crippen LogP contribution < -0.4 is 15.5 Å². The quantitative estimate of drug-likeness (QED) is 0.227. The molecule has 2 aromatic heterocycles. The lowest BCUT2D eigenvalue weighted by Gasteiger charge is -2.30. The smallest absolute Gasteiger partial charge is 0.270 e. The topological polar surface area (TPSA) is 140 Å². The van der Waals surface area contributed by atoms with E-state index < -0.39 is 10.8 Å². The van der Waals surface area contributed by atoms with Crippen LogP contribution in [0.3, 0.4) is 0 Å². The number of hydrogen-bond acceptors (Lipinski definition) is 10. The van der Waals surface area contributed by atoms with E-state index in [4.69, 9.17) is 17.0 Å². The van der Waals surface area contributed by atoms with E-state index in [1.165, 1.54) is 23.5 Å². The highest BCUT2D eigenvalue weighted by molar-refractivity contribution is 7.80.